The molecule has 0 fully saturated rings. The number of nitrogens with one attached hydrogen (secondary N) is 1. The summed E-state index contributed by atoms with van der Waals surface area (Å²) in [6, 6.07) is 11.2. The van der Waals surface area contributed by atoms with Crippen molar-refractivity contribution in [3.05, 3.63) is 63.1 Å². The van der Waals surface area contributed by atoms with E-state index in [1.165, 1.54) is 4.90 Å². The normalized spacial score (nSPS) is 11.6. The van der Waals surface area contributed by atoms with Crippen molar-refractivity contribution in [2.75, 3.05) is 13.2 Å². The van der Waals surface area contributed by atoms with Crippen LogP contribution in [0.2, 0.25) is 15.1 Å². The van der Waals surface area contributed by atoms with Crippen molar-refractivity contribution in [3.63, 3.8) is 0 Å². The lowest BCUT2D eigenvalue weighted by Gasteiger charge is -2.29. The minimum absolute atomic E-state index is 0.191. The van der Waals surface area contributed by atoms with Crippen molar-refractivity contribution in [1.29, 1.82) is 0 Å². The molecule has 2 rings (SSSR count). The highest BCUT2D eigenvalue weighted by molar-refractivity contribution is 6.42. The highest BCUT2D eigenvalue weighted by Crippen LogP contribution is 2.24. The topological polar surface area (TPSA) is 58.6 Å². The van der Waals surface area contributed by atoms with E-state index in [2.05, 4.69) is 5.32 Å². The molecule has 2 aromatic rings. The van der Waals surface area contributed by atoms with Crippen molar-refractivity contribution in [2.24, 2.45) is 0 Å². The van der Waals surface area contributed by atoms with E-state index in [1.807, 2.05) is 6.92 Å². The van der Waals surface area contributed by atoms with E-state index < -0.39 is 6.04 Å². The molecule has 0 radical (unpaired) electrons. The summed E-state index contributed by atoms with van der Waals surface area (Å²) in [7, 11) is 0. The fourth-order valence-corrected chi connectivity index (χ4v) is 3.24. The maximum atomic E-state index is 13.0. The highest BCUT2D eigenvalue weighted by Gasteiger charge is 2.26. The van der Waals surface area contributed by atoms with Crippen molar-refractivity contribution >= 4 is 46.6 Å². The quantitative estimate of drug-likeness (QED) is 0.475. The first kappa shape index (κ1) is 24.3. The lowest BCUT2D eigenvalue weighted by atomic mass is 10.1. The molecule has 1 atom stereocenters. The highest BCUT2D eigenvalue weighted by atomic mass is 35.5. The van der Waals surface area contributed by atoms with Crippen LogP contribution in [0, 0.1) is 0 Å². The molecular weight excluding hydrogens is 447 g/mol. The van der Waals surface area contributed by atoms with Gasteiger partial charge < -0.3 is 15.0 Å². The van der Waals surface area contributed by atoms with Gasteiger partial charge in [-0.25, -0.2) is 0 Å². The average Bonchev–Trinajstić information content (AvgIpc) is 2.72. The third kappa shape index (κ3) is 7.38. The molecule has 0 heterocycles. The molecule has 0 aromatic heterocycles. The van der Waals surface area contributed by atoms with Gasteiger partial charge in [-0.15, -0.1) is 0 Å². The fourth-order valence-electron chi connectivity index (χ4n) is 2.74. The predicted molar refractivity (Wildman–Crippen MR) is 121 cm³/mol. The van der Waals surface area contributed by atoms with E-state index in [4.69, 9.17) is 39.5 Å². The minimum atomic E-state index is -0.688. The Bertz CT molecular complexity index is 876. The molecule has 0 unspecified atom stereocenters. The predicted octanol–water partition coefficient (Wildman–Crippen LogP) is 5.36. The van der Waals surface area contributed by atoms with Gasteiger partial charge in [0.05, 0.1) is 10.0 Å². The maximum Gasteiger partial charge on any atom is 0.261 e. The van der Waals surface area contributed by atoms with Gasteiger partial charge in [0.1, 0.15) is 11.8 Å². The van der Waals surface area contributed by atoms with E-state index in [0.29, 0.717) is 27.4 Å². The summed E-state index contributed by atoms with van der Waals surface area (Å²) in [6.45, 7) is 4.26. The molecule has 0 saturated carbocycles. The number of nitrogens with zero attached hydrogens (tertiary/aromatic N) is 1. The van der Waals surface area contributed by atoms with Gasteiger partial charge in [0, 0.05) is 18.1 Å². The summed E-state index contributed by atoms with van der Waals surface area (Å²) in [5, 5.41) is 4.19. The number of hydrogen-bond donors (Lipinski definition) is 1. The maximum absolute atomic E-state index is 13.0. The van der Waals surface area contributed by atoms with Gasteiger partial charge in [0.2, 0.25) is 5.91 Å². The number of ether oxygens (including phenoxy) is 1. The molecule has 0 aliphatic carbocycles. The fraction of sp³-hybridized carbons (Fsp3) is 0.364. The molecule has 0 spiro atoms. The number of halogens is 3. The zero-order chi connectivity index (χ0) is 22.1. The van der Waals surface area contributed by atoms with Gasteiger partial charge >= 0.3 is 0 Å². The number of unbranched alkanes of at least 4 members (excludes halogenated alkanes) is 1. The van der Waals surface area contributed by atoms with E-state index in [1.54, 1.807) is 49.4 Å². The molecule has 2 amide bonds. The first-order valence-electron chi connectivity index (χ1n) is 9.71. The number of hydrogen-bond acceptors (Lipinski definition) is 3. The molecule has 5 nitrogen and oxygen atoms in total. The summed E-state index contributed by atoms with van der Waals surface area (Å²) in [5.41, 5.74) is 0.758. The molecule has 0 aliphatic heterocycles. The van der Waals surface area contributed by atoms with Gasteiger partial charge in [-0.05, 0) is 49.2 Å². The Balaban J connectivity index is 2.14. The summed E-state index contributed by atoms with van der Waals surface area (Å²) in [6.07, 6.45) is 1.84. The Labute approximate surface area is 192 Å². The molecule has 8 heteroatoms. The number of benzene rings is 2. The van der Waals surface area contributed by atoms with E-state index in [9.17, 15) is 9.59 Å². The Morgan fingerprint density at radius 2 is 1.87 bits per heavy atom. The minimum Gasteiger partial charge on any atom is -0.484 e. The number of rotatable bonds is 10. The van der Waals surface area contributed by atoms with Crippen molar-refractivity contribution in [2.45, 2.75) is 39.3 Å². The zero-order valence-electron chi connectivity index (χ0n) is 17.0. The number of amides is 2. The molecule has 30 heavy (non-hydrogen) atoms. The third-order valence-corrected chi connectivity index (χ3v) is 5.47. The second-order valence-corrected chi connectivity index (χ2v) is 8.09. The molecule has 2 aromatic carbocycles. The monoisotopic (exact) mass is 470 g/mol. The third-order valence-electron chi connectivity index (χ3n) is 4.49. The largest absolute Gasteiger partial charge is 0.484 e. The van der Waals surface area contributed by atoms with Crippen LogP contribution < -0.4 is 10.1 Å². The molecule has 0 aliphatic rings. The van der Waals surface area contributed by atoms with Crippen LogP contribution in [-0.2, 0) is 16.1 Å². The van der Waals surface area contributed by atoms with Crippen LogP contribution in [0.1, 0.15) is 32.3 Å². The van der Waals surface area contributed by atoms with Gasteiger partial charge in [-0.1, -0.05) is 60.3 Å². The summed E-state index contributed by atoms with van der Waals surface area (Å²) in [5.74, 6) is -0.0795. The van der Waals surface area contributed by atoms with Gasteiger partial charge in [-0.3, -0.25) is 9.59 Å². The van der Waals surface area contributed by atoms with Crippen LogP contribution >= 0.6 is 34.8 Å². The van der Waals surface area contributed by atoms with Crippen LogP contribution in [0.4, 0.5) is 0 Å². The van der Waals surface area contributed by atoms with E-state index in [-0.39, 0.29) is 25.0 Å². The Hall–Kier alpha value is -1.95. The van der Waals surface area contributed by atoms with Crippen molar-refractivity contribution in [3.8, 4) is 5.75 Å². The second kappa shape index (κ2) is 12.0. The second-order valence-electron chi connectivity index (χ2n) is 6.84. The molecule has 0 bridgehead atoms. The Morgan fingerprint density at radius 1 is 1.10 bits per heavy atom. The van der Waals surface area contributed by atoms with Crippen molar-refractivity contribution < 1.29 is 14.3 Å². The summed E-state index contributed by atoms with van der Waals surface area (Å²) in [4.78, 5) is 27.0. The van der Waals surface area contributed by atoms with Gasteiger partial charge in [0.15, 0.2) is 6.61 Å². The first-order valence-corrected chi connectivity index (χ1v) is 10.8. The van der Waals surface area contributed by atoms with Crippen LogP contribution in [0.3, 0.4) is 0 Å². The zero-order valence-corrected chi connectivity index (χ0v) is 19.2. The lowest BCUT2D eigenvalue weighted by molar-refractivity contribution is -0.142. The van der Waals surface area contributed by atoms with Crippen LogP contribution in [0.15, 0.2) is 42.5 Å². The van der Waals surface area contributed by atoms with E-state index >= 15 is 0 Å². The smallest absolute Gasteiger partial charge is 0.261 e. The van der Waals surface area contributed by atoms with Crippen LogP contribution in [0.25, 0.3) is 0 Å². The van der Waals surface area contributed by atoms with E-state index in [0.717, 1.165) is 18.4 Å². The molecular formula is C22H25Cl3N2O3. The number of carbonyl (C=O) groups excluding carboxylic acids is 2. The molecule has 162 valence electrons. The van der Waals surface area contributed by atoms with Crippen LogP contribution in [-0.4, -0.2) is 35.9 Å². The van der Waals surface area contributed by atoms with Crippen LogP contribution in [0.5, 0.6) is 5.75 Å². The molecule has 0 saturated heterocycles. The standard InChI is InChI=1S/C22H25Cl3N2O3/c1-3-4-10-26-22(29)15(2)27(13-16-8-9-19(24)20(25)11-16)21(28)14-30-18-7-5-6-17(23)12-18/h5-9,11-12,15H,3-4,10,13-14H2,1-2H3,(H,26,29)/t15-/m0/s1. The van der Waals surface area contributed by atoms with Gasteiger partial charge in [0.25, 0.3) is 5.91 Å². The summed E-state index contributed by atoms with van der Waals surface area (Å²) < 4.78 is 5.58. The SMILES string of the molecule is CCCCNC(=O)[C@H](C)N(Cc1ccc(Cl)c(Cl)c1)C(=O)COc1cccc(Cl)c1. The lowest BCUT2D eigenvalue weighted by Crippen LogP contribution is -2.49. The Kier molecular flexibility index (Phi) is 9.76. The average molecular weight is 472 g/mol. The Morgan fingerprint density at radius 3 is 2.53 bits per heavy atom. The molecule has 1 N–H and O–H groups in total. The van der Waals surface area contributed by atoms with Gasteiger partial charge in [-0.2, -0.15) is 0 Å². The first-order chi connectivity index (χ1) is 14.3. The summed E-state index contributed by atoms with van der Waals surface area (Å²) >= 11 is 18.1. The number of carbonyl (C=O) groups is 2. The van der Waals surface area contributed by atoms with Crippen molar-refractivity contribution in [1.82, 2.24) is 10.2 Å².